The van der Waals surface area contributed by atoms with Crippen molar-refractivity contribution in [3.8, 4) is 5.75 Å². The molecule has 0 radical (unpaired) electrons. The summed E-state index contributed by atoms with van der Waals surface area (Å²) in [5.41, 5.74) is 0.465. The Morgan fingerprint density at radius 2 is 2.03 bits per heavy atom. The van der Waals surface area contributed by atoms with Crippen LogP contribution >= 0.6 is 11.6 Å². The van der Waals surface area contributed by atoms with E-state index in [1.165, 1.54) is 0 Å². The van der Waals surface area contributed by atoms with Gasteiger partial charge in [0.1, 0.15) is 5.75 Å². The summed E-state index contributed by atoms with van der Waals surface area (Å²) >= 11 is 6.11. The molecule has 0 spiro atoms. The van der Waals surface area contributed by atoms with E-state index >= 15 is 0 Å². The summed E-state index contributed by atoms with van der Waals surface area (Å²) < 4.78 is 10.7. The molecule has 3 rings (SSSR count). The molecule has 8 heteroatoms. The molecule has 0 N–H and O–H groups in total. The number of likely N-dealkylation sites (tertiary alicyclic amines) is 1. The normalized spacial score (nSPS) is 20.1. The first kappa shape index (κ1) is 22.8. The standard InChI is InChI=1S/C22H32ClN3O4/c1-17(27)26(10-4-8-24-11-13-30-14-12-24)19-5-3-9-25(16-19)22(28)20-15-18(23)6-7-21(20)29-2/h6-7,15,19H,3-5,8-14,16H2,1-2H3. The van der Waals surface area contributed by atoms with Crippen molar-refractivity contribution in [1.29, 1.82) is 0 Å². The highest BCUT2D eigenvalue weighted by atomic mass is 35.5. The highest BCUT2D eigenvalue weighted by Crippen LogP contribution is 2.26. The van der Waals surface area contributed by atoms with Crippen LogP contribution < -0.4 is 4.74 Å². The van der Waals surface area contributed by atoms with Crippen LogP contribution in [0.5, 0.6) is 5.75 Å². The van der Waals surface area contributed by atoms with E-state index < -0.39 is 0 Å². The van der Waals surface area contributed by atoms with E-state index in [9.17, 15) is 9.59 Å². The quantitative estimate of drug-likeness (QED) is 0.656. The largest absolute Gasteiger partial charge is 0.496 e. The minimum atomic E-state index is -0.101. The van der Waals surface area contributed by atoms with Crippen molar-refractivity contribution in [2.45, 2.75) is 32.2 Å². The first-order valence-corrected chi connectivity index (χ1v) is 11.1. The minimum Gasteiger partial charge on any atom is -0.496 e. The summed E-state index contributed by atoms with van der Waals surface area (Å²) in [5.74, 6) is 0.480. The second-order valence-electron chi connectivity index (χ2n) is 7.91. The summed E-state index contributed by atoms with van der Waals surface area (Å²) in [5, 5.41) is 0.501. The number of morpholine rings is 1. The number of methoxy groups -OCH3 is 1. The summed E-state index contributed by atoms with van der Waals surface area (Å²) in [6.45, 7) is 7.96. The SMILES string of the molecule is COc1ccc(Cl)cc1C(=O)N1CCCC(N(CCCN2CCOCC2)C(C)=O)C1. The maximum atomic E-state index is 13.2. The van der Waals surface area contributed by atoms with Crippen LogP contribution in [0.25, 0.3) is 0 Å². The Hall–Kier alpha value is -1.83. The number of ether oxygens (including phenoxy) is 2. The molecule has 166 valence electrons. The Morgan fingerprint density at radius 1 is 1.27 bits per heavy atom. The average molecular weight is 438 g/mol. The van der Waals surface area contributed by atoms with Crippen LogP contribution in [-0.4, -0.2) is 92.1 Å². The molecule has 2 amide bonds. The van der Waals surface area contributed by atoms with Crippen molar-refractivity contribution in [3.63, 3.8) is 0 Å². The molecule has 2 heterocycles. The van der Waals surface area contributed by atoms with Gasteiger partial charge in [-0.3, -0.25) is 14.5 Å². The molecule has 2 fully saturated rings. The monoisotopic (exact) mass is 437 g/mol. The van der Waals surface area contributed by atoms with Gasteiger partial charge in [0.15, 0.2) is 0 Å². The summed E-state index contributed by atoms with van der Waals surface area (Å²) in [7, 11) is 1.55. The number of hydrogen-bond donors (Lipinski definition) is 0. The molecule has 7 nitrogen and oxygen atoms in total. The Morgan fingerprint density at radius 3 is 2.73 bits per heavy atom. The highest BCUT2D eigenvalue weighted by Gasteiger charge is 2.30. The Balaban J connectivity index is 1.61. The van der Waals surface area contributed by atoms with Crippen LogP contribution in [0.2, 0.25) is 5.02 Å². The van der Waals surface area contributed by atoms with Crippen molar-refractivity contribution in [2.24, 2.45) is 0 Å². The first-order valence-electron chi connectivity index (χ1n) is 10.7. The number of nitrogens with zero attached hydrogens (tertiary/aromatic N) is 3. The smallest absolute Gasteiger partial charge is 0.257 e. The molecule has 0 saturated carbocycles. The minimum absolute atomic E-state index is 0.0371. The van der Waals surface area contributed by atoms with E-state index in [4.69, 9.17) is 21.1 Å². The fourth-order valence-corrected chi connectivity index (χ4v) is 4.47. The van der Waals surface area contributed by atoms with Crippen molar-refractivity contribution in [2.75, 3.05) is 59.6 Å². The zero-order chi connectivity index (χ0) is 21.5. The Kier molecular flexibility index (Phi) is 8.36. The van der Waals surface area contributed by atoms with Gasteiger partial charge in [-0.15, -0.1) is 0 Å². The number of rotatable bonds is 7. The first-order chi connectivity index (χ1) is 14.5. The highest BCUT2D eigenvalue weighted by molar-refractivity contribution is 6.31. The number of halogens is 1. The molecule has 2 aliphatic rings. The topological polar surface area (TPSA) is 62.3 Å². The molecule has 1 aromatic rings. The molecular formula is C22H32ClN3O4. The molecule has 30 heavy (non-hydrogen) atoms. The summed E-state index contributed by atoms with van der Waals surface area (Å²) in [4.78, 5) is 31.7. The number of carbonyl (C=O) groups excluding carboxylic acids is 2. The third-order valence-electron chi connectivity index (χ3n) is 5.90. The van der Waals surface area contributed by atoms with Gasteiger partial charge in [0.05, 0.1) is 25.9 Å². The van der Waals surface area contributed by atoms with Gasteiger partial charge in [-0.05, 0) is 37.5 Å². The van der Waals surface area contributed by atoms with Crippen LogP contribution in [0.1, 0.15) is 36.5 Å². The molecule has 2 saturated heterocycles. The van der Waals surface area contributed by atoms with Crippen LogP contribution in [0.4, 0.5) is 0 Å². The Bertz CT molecular complexity index is 739. The number of amides is 2. The number of carbonyl (C=O) groups is 2. The van der Waals surface area contributed by atoms with Gasteiger partial charge >= 0.3 is 0 Å². The third kappa shape index (κ3) is 5.86. The lowest BCUT2D eigenvalue weighted by atomic mass is 10.0. The van der Waals surface area contributed by atoms with Crippen molar-refractivity contribution >= 4 is 23.4 Å². The fourth-order valence-electron chi connectivity index (χ4n) is 4.30. The van der Waals surface area contributed by atoms with E-state index in [0.717, 1.165) is 52.1 Å². The van der Waals surface area contributed by atoms with Crippen LogP contribution in [0.15, 0.2) is 18.2 Å². The molecule has 2 aliphatic heterocycles. The van der Waals surface area contributed by atoms with Crippen molar-refractivity contribution in [1.82, 2.24) is 14.7 Å². The molecule has 0 aliphatic carbocycles. The van der Waals surface area contributed by atoms with E-state index in [1.54, 1.807) is 32.2 Å². The van der Waals surface area contributed by atoms with Crippen molar-refractivity contribution < 1.29 is 19.1 Å². The number of hydrogen-bond acceptors (Lipinski definition) is 5. The molecule has 1 unspecified atom stereocenters. The van der Waals surface area contributed by atoms with Crippen molar-refractivity contribution in [3.05, 3.63) is 28.8 Å². The van der Waals surface area contributed by atoms with Gasteiger partial charge in [0.2, 0.25) is 5.91 Å². The maximum absolute atomic E-state index is 13.2. The second-order valence-corrected chi connectivity index (χ2v) is 8.35. The van der Waals surface area contributed by atoms with E-state index in [0.29, 0.717) is 36.0 Å². The summed E-state index contributed by atoms with van der Waals surface area (Å²) in [6.07, 6.45) is 2.70. The predicted octanol–water partition coefficient (Wildman–Crippen LogP) is 2.52. The predicted molar refractivity (Wildman–Crippen MR) is 116 cm³/mol. The van der Waals surface area contributed by atoms with E-state index in [1.807, 2.05) is 9.80 Å². The second kappa shape index (κ2) is 11.0. The van der Waals surface area contributed by atoms with Gasteiger partial charge in [-0.25, -0.2) is 0 Å². The van der Waals surface area contributed by atoms with Gasteiger partial charge in [0.25, 0.3) is 5.91 Å². The molecular weight excluding hydrogens is 406 g/mol. The van der Waals surface area contributed by atoms with E-state index in [2.05, 4.69) is 4.90 Å². The zero-order valence-corrected chi connectivity index (χ0v) is 18.7. The lowest BCUT2D eigenvalue weighted by molar-refractivity contribution is -0.132. The number of benzene rings is 1. The van der Waals surface area contributed by atoms with Gasteiger partial charge in [-0.1, -0.05) is 11.6 Å². The van der Waals surface area contributed by atoms with Crippen LogP contribution in [0, 0.1) is 0 Å². The maximum Gasteiger partial charge on any atom is 0.257 e. The summed E-state index contributed by atoms with van der Waals surface area (Å²) in [6, 6.07) is 5.11. The van der Waals surface area contributed by atoms with Crippen LogP contribution in [0.3, 0.4) is 0 Å². The number of piperidine rings is 1. The van der Waals surface area contributed by atoms with E-state index in [-0.39, 0.29) is 17.9 Å². The van der Waals surface area contributed by atoms with Gasteiger partial charge in [0, 0.05) is 57.3 Å². The van der Waals surface area contributed by atoms with Crippen LogP contribution in [-0.2, 0) is 9.53 Å². The third-order valence-corrected chi connectivity index (χ3v) is 6.13. The molecule has 0 bridgehead atoms. The molecule has 0 aromatic heterocycles. The lowest BCUT2D eigenvalue weighted by Gasteiger charge is -2.39. The molecule has 1 aromatic carbocycles. The average Bonchev–Trinajstić information content (AvgIpc) is 2.76. The Labute approximate surface area is 183 Å². The lowest BCUT2D eigenvalue weighted by Crippen LogP contribution is -2.52. The molecule has 1 atom stereocenters. The van der Waals surface area contributed by atoms with Gasteiger partial charge in [-0.2, -0.15) is 0 Å². The fraction of sp³-hybridized carbons (Fsp3) is 0.636. The zero-order valence-electron chi connectivity index (χ0n) is 17.9. The van der Waals surface area contributed by atoms with Gasteiger partial charge < -0.3 is 19.3 Å².